The van der Waals surface area contributed by atoms with Crippen LogP contribution in [0.5, 0.6) is 0 Å². The summed E-state index contributed by atoms with van der Waals surface area (Å²) in [7, 11) is 1.98. The zero-order chi connectivity index (χ0) is 13.1. The van der Waals surface area contributed by atoms with Crippen molar-refractivity contribution < 1.29 is 0 Å². The van der Waals surface area contributed by atoms with Gasteiger partial charge in [0.1, 0.15) is 5.82 Å². The van der Waals surface area contributed by atoms with E-state index in [4.69, 9.17) is 0 Å². The van der Waals surface area contributed by atoms with Gasteiger partial charge >= 0.3 is 0 Å². The molecular formula is C15H25N3. The Morgan fingerprint density at radius 2 is 2.11 bits per heavy atom. The van der Waals surface area contributed by atoms with Gasteiger partial charge in [-0.15, -0.1) is 0 Å². The third-order valence-corrected chi connectivity index (χ3v) is 4.07. The molecule has 1 saturated heterocycles. The van der Waals surface area contributed by atoms with E-state index in [1.807, 2.05) is 13.2 Å². The number of nitrogens with one attached hydrogen (secondary N) is 1. The van der Waals surface area contributed by atoms with Gasteiger partial charge in [-0.05, 0) is 44.4 Å². The van der Waals surface area contributed by atoms with Crippen molar-refractivity contribution in [1.82, 2.24) is 10.3 Å². The van der Waals surface area contributed by atoms with Crippen molar-refractivity contribution in [3.63, 3.8) is 0 Å². The molecule has 0 aliphatic carbocycles. The zero-order valence-corrected chi connectivity index (χ0v) is 12.0. The molecule has 0 bridgehead atoms. The number of pyridine rings is 1. The zero-order valence-electron chi connectivity index (χ0n) is 12.0. The summed E-state index contributed by atoms with van der Waals surface area (Å²) in [5, 5.41) is 3.24. The van der Waals surface area contributed by atoms with Crippen LogP contribution in [0.25, 0.3) is 0 Å². The lowest BCUT2D eigenvalue weighted by atomic mass is 10.0. The third-order valence-electron chi connectivity index (χ3n) is 4.07. The number of anilines is 1. The van der Waals surface area contributed by atoms with Gasteiger partial charge in [0.2, 0.25) is 0 Å². The van der Waals surface area contributed by atoms with E-state index in [1.165, 1.54) is 18.4 Å². The molecular weight excluding hydrogens is 222 g/mol. The quantitative estimate of drug-likeness (QED) is 0.886. The van der Waals surface area contributed by atoms with E-state index in [0.717, 1.165) is 12.4 Å². The van der Waals surface area contributed by atoms with E-state index in [1.54, 1.807) is 0 Å². The molecule has 100 valence electrons. The summed E-state index contributed by atoms with van der Waals surface area (Å²) in [5.74, 6) is 1.84. The van der Waals surface area contributed by atoms with Crippen LogP contribution >= 0.6 is 0 Å². The Balaban J connectivity index is 2.14. The smallest absolute Gasteiger partial charge is 0.128 e. The lowest BCUT2D eigenvalue weighted by molar-refractivity contribution is 0.489. The van der Waals surface area contributed by atoms with Crippen molar-refractivity contribution >= 4 is 5.82 Å². The SMILES string of the molecule is CNC(C)c1ccc(N2CCCC2C(C)C)nc1. The Morgan fingerprint density at radius 1 is 1.33 bits per heavy atom. The Bertz CT molecular complexity index is 372. The van der Waals surface area contributed by atoms with Gasteiger partial charge in [0, 0.05) is 24.8 Å². The standard InChI is InChI=1S/C15H25N3/c1-11(2)14-6-5-9-18(14)15-8-7-13(10-17-15)12(3)16-4/h7-8,10-12,14,16H,5-6,9H2,1-4H3. The van der Waals surface area contributed by atoms with E-state index in [2.05, 4.69) is 48.1 Å². The summed E-state index contributed by atoms with van der Waals surface area (Å²) in [4.78, 5) is 7.12. The molecule has 18 heavy (non-hydrogen) atoms. The minimum Gasteiger partial charge on any atom is -0.353 e. The minimum absolute atomic E-state index is 0.367. The number of hydrogen-bond donors (Lipinski definition) is 1. The molecule has 2 heterocycles. The van der Waals surface area contributed by atoms with Gasteiger partial charge in [-0.25, -0.2) is 4.98 Å². The molecule has 1 fully saturated rings. The normalized spacial score (nSPS) is 21.6. The monoisotopic (exact) mass is 247 g/mol. The van der Waals surface area contributed by atoms with Gasteiger partial charge in [-0.3, -0.25) is 0 Å². The topological polar surface area (TPSA) is 28.2 Å². The first kappa shape index (κ1) is 13.3. The molecule has 2 unspecified atom stereocenters. The number of aromatic nitrogens is 1. The first-order valence-electron chi connectivity index (χ1n) is 7.03. The fourth-order valence-corrected chi connectivity index (χ4v) is 2.76. The fourth-order valence-electron chi connectivity index (χ4n) is 2.76. The first-order valence-corrected chi connectivity index (χ1v) is 7.03. The maximum atomic E-state index is 4.65. The van der Waals surface area contributed by atoms with Crippen molar-refractivity contribution in [3.8, 4) is 0 Å². The predicted molar refractivity (Wildman–Crippen MR) is 76.9 cm³/mol. The molecule has 1 aliphatic rings. The van der Waals surface area contributed by atoms with E-state index in [0.29, 0.717) is 18.0 Å². The summed E-state index contributed by atoms with van der Waals surface area (Å²) in [6.45, 7) is 7.92. The lowest BCUT2D eigenvalue weighted by Gasteiger charge is -2.28. The Morgan fingerprint density at radius 3 is 2.67 bits per heavy atom. The van der Waals surface area contributed by atoms with Gasteiger partial charge in [-0.2, -0.15) is 0 Å². The minimum atomic E-state index is 0.367. The highest BCUT2D eigenvalue weighted by Crippen LogP contribution is 2.28. The van der Waals surface area contributed by atoms with E-state index < -0.39 is 0 Å². The van der Waals surface area contributed by atoms with Crippen LogP contribution in [-0.2, 0) is 0 Å². The van der Waals surface area contributed by atoms with E-state index >= 15 is 0 Å². The van der Waals surface area contributed by atoms with Crippen LogP contribution in [0.1, 0.15) is 45.2 Å². The van der Waals surface area contributed by atoms with Crippen LogP contribution in [0, 0.1) is 5.92 Å². The van der Waals surface area contributed by atoms with Gasteiger partial charge in [0.15, 0.2) is 0 Å². The van der Waals surface area contributed by atoms with Crippen molar-refractivity contribution in [1.29, 1.82) is 0 Å². The number of nitrogens with zero attached hydrogens (tertiary/aromatic N) is 2. The molecule has 3 heteroatoms. The molecule has 1 aromatic heterocycles. The average molecular weight is 247 g/mol. The van der Waals surface area contributed by atoms with Crippen LogP contribution in [0.4, 0.5) is 5.82 Å². The van der Waals surface area contributed by atoms with Gasteiger partial charge in [0.05, 0.1) is 0 Å². The number of rotatable bonds is 4. The highest BCUT2D eigenvalue weighted by molar-refractivity contribution is 5.42. The van der Waals surface area contributed by atoms with Crippen LogP contribution in [0.3, 0.4) is 0 Å². The predicted octanol–water partition coefficient (Wildman–Crippen LogP) is 2.99. The van der Waals surface area contributed by atoms with Crippen LogP contribution in [0.2, 0.25) is 0 Å². The second-order valence-electron chi connectivity index (χ2n) is 5.61. The van der Waals surface area contributed by atoms with Crippen molar-refractivity contribution in [2.75, 3.05) is 18.5 Å². The highest BCUT2D eigenvalue weighted by atomic mass is 15.2. The first-order chi connectivity index (χ1) is 8.63. The summed E-state index contributed by atoms with van der Waals surface area (Å²) in [5.41, 5.74) is 1.25. The molecule has 1 N–H and O–H groups in total. The molecule has 0 spiro atoms. The molecule has 2 atom stereocenters. The largest absolute Gasteiger partial charge is 0.353 e. The Labute approximate surface area is 111 Å². The van der Waals surface area contributed by atoms with Crippen LogP contribution in [0.15, 0.2) is 18.3 Å². The lowest BCUT2D eigenvalue weighted by Crippen LogP contribution is -2.33. The summed E-state index contributed by atoms with van der Waals surface area (Å²) < 4.78 is 0. The maximum absolute atomic E-state index is 4.65. The van der Waals surface area contributed by atoms with Crippen molar-refractivity contribution in [3.05, 3.63) is 23.9 Å². The second kappa shape index (κ2) is 5.70. The highest BCUT2D eigenvalue weighted by Gasteiger charge is 2.27. The Kier molecular flexibility index (Phi) is 4.23. The van der Waals surface area contributed by atoms with E-state index in [-0.39, 0.29) is 0 Å². The second-order valence-corrected chi connectivity index (χ2v) is 5.61. The average Bonchev–Trinajstić information content (AvgIpc) is 2.87. The molecule has 3 nitrogen and oxygen atoms in total. The van der Waals surface area contributed by atoms with Crippen molar-refractivity contribution in [2.45, 2.75) is 45.7 Å². The third kappa shape index (κ3) is 2.66. The molecule has 1 aromatic rings. The maximum Gasteiger partial charge on any atom is 0.128 e. The summed E-state index contributed by atoms with van der Waals surface area (Å²) in [6, 6.07) is 5.39. The Hall–Kier alpha value is -1.09. The molecule has 1 aliphatic heterocycles. The van der Waals surface area contributed by atoms with Gasteiger partial charge in [0.25, 0.3) is 0 Å². The molecule has 0 aromatic carbocycles. The molecule has 0 saturated carbocycles. The summed E-state index contributed by atoms with van der Waals surface area (Å²) >= 11 is 0. The fraction of sp³-hybridized carbons (Fsp3) is 0.667. The van der Waals surface area contributed by atoms with Crippen LogP contribution in [-0.4, -0.2) is 24.6 Å². The van der Waals surface area contributed by atoms with E-state index in [9.17, 15) is 0 Å². The van der Waals surface area contributed by atoms with Gasteiger partial charge < -0.3 is 10.2 Å². The van der Waals surface area contributed by atoms with Crippen LogP contribution < -0.4 is 10.2 Å². The number of hydrogen-bond acceptors (Lipinski definition) is 3. The molecule has 2 rings (SSSR count). The molecule has 0 radical (unpaired) electrons. The molecule has 0 amide bonds. The van der Waals surface area contributed by atoms with Gasteiger partial charge in [-0.1, -0.05) is 19.9 Å². The van der Waals surface area contributed by atoms with Crippen molar-refractivity contribution in [2.24, 2.45) is 5.92 Å². The summed E-state index contributed by atoms with van der Waals surface area (Å²) in [6.07, 6.45) is 4.60.